The summed E-state index contributed by atoms with van der Waals surface area (Å²) in [5.74, 6) is -0.413. The fraction of sp³-hybridized carbons (Fsp3) is 0. The van der Waals surface area contributed by atoms with Gasteiger partial charge in [0.1, 0.15) is 10.9 Å². The first-order chi connectivity index (χ1) is 6.24. The second-order valence-electron chi connectivity index (χ2n) is 2.47. The third kappa shape index (κ3) is 1.25. The van der Waals surface area contributed by atoms with Gasteiger partial charge in [0.05, 0.1) is 4.70 Å². The van der Waals surface area contributed by atoms with Crippen LogP contribution in [0.2, 0.25) is 0 Å². The molecule has 64 valence electrons. The minimum atomic E-state index is -0.413. The third-order valence-electron chi connectivity index (χ3n) is 1.71. The van der Waals surface area contributed by atoms with Gasteiger partial charge >= 0.3 is 0 Å². The minimum Gasteiger partial charge on any atom is -0.204 e. The van der Waals surface area contributed by atoms with Crippen molar-refractivity contribution >= 4 is 37.4 Å². The van der Waals surface area contributed by atoms with E-state index < -0.39 is 5.82 Å². The summed E-state index contributed by atoms with van der Waals surface area (Å²) in [5, 5.41) is 9.13. The molecule has 0 N–H and O–H groups in total. The van der Waals surface area contributed by atoms with Gasteiger partial charge in [-0.2, -0.15) is 5.26 Å². The molecule has 4 heteroatoms. The van der Waals surface area contributed by atoms with Crippen molar-refractivity contribution in [3.63, 3.8) is 0 Å². The molecule has 0 bridgehead atoms. The van der Waals surface area contributed by atoms with Crippen molar-refractivity contribution in [1.82, 2.24) is 0 Å². The number of thiophene rings is 1. The zero-order valence-corrected chi connectivity index (χ0v) is 8.75. The summed E-state index contributed by atoms with van der Waals surface area (Å²) in [6, 6.07) is 7.09. The zero-order chi connectivity index (χ0) is 9.42. The summed E-state index contributed by atoms with van der Waals surface area (Å²) < 4.78 is 15.0. The summed E-state index contributed by atoms with van der Waals surface area (Å²) in [7, 11) is 0. The van der Waals surface area contributed by atoms with Gasteiger partial charge in [0, 0.05) is 9.86 Å². The van der Waals surface area contributed by atoms with Crippen LogP contribution in [-0.4, -0.2) is 0 Å². The van der Waals surface area contributed by atoms with Gasteiger partial charge in [-0.25, -0.2) is 4.39 Å². The van der Waals surface area contributed by atoms with Crippen LogP contribution < -0.4 is 0 Å². The van der Waals surface area contributed by atoms with Crippen molar-refractivity contribution in [3.8, 4) is 6.07 Å². The molecule has 0 amide bonds. The highest BCUT2D eigenvalue weighted by Gasteiger charge is 2.12. The van der Waals surface area contributed by atoms with Crippen LogP contribution in [0.1, 0.15) is 4.88 Å². The number of hydrogen-bond acceptors (Lipinski definition) is 2. The molecule has 0 radical (unpaired) electrons. The Morgan fingerprint density at radius 2 is 2.23 bits per heavy atom. The lowest BCUT2D eigenvalue weighted by atomic mass is 10.2. The van der Waals surface area contributed by atoms with Gasteiger partial charge in [-0.1, -0.05) is 12.1 Å². The minimum absolute atomic E-state index is 0.141. The van der Waals surface area contributed by atoms with E-state index in [4.69, 9.17) is 5.26 Å². The smallest absolute Gasteiger partial charge is 0.159 e. The van der Waals surface area contributed by atoms with E-state index in [-0.39, 0.29) is 4.88 Å². The highest BCUT2D eigenvalue weighted by Crippen LogP contribution is 2.34. The van der Waals surface area contributed by atoms with Crippen molar-refractivity contribution in [2.75, 3.05) is 0 Å². The quantitative estimate of drug-likeness (QED) is 0.705. The van der Waals surface area contributed by atoms with Crippen LogP contribution in [0, 0.1) is 17.1 Å². The van der Waals surface area contributed by atoms with E-state index in [1.807, 2.05) is 12.1 Å². The Morgan fingerprint density at radius 1 is 1.46 bits per heavy atom. The molecule has 0 spiro atoms. The van der Waals surface area contributed by atoms with Crippen LogP contribution in [0.3, 0.4) is 0 Å². The number of nitriles is 1. The molecule has 0 saturated heterocycles. The number of rotatable bonds is 0. The van der Waals surface area contributed by atoms with Crippen LogP contribution in [0.4, 0.5) is 4.39 Å². The average molecular weight is 256 g/mol. The van der Waals surface area contributed by atoms with E-state index >= 15 is 0 Å². The topological polar surface area (TPSA) is 23.8 Å². The van der Waals surface area contributed by atoms with Gasteiger partial charge in [0.15, 0.2) is 5.82 Å². The number of halogens is 2. The summed E-state index contributed by atoms with van der Waals surface area (Å²) in [4.78, 5) is 0.141. The normalized spacial score (nSPS) is 10.2. The van der Waals surface area contributed by atoms with Crippen molar-refractivity contribution < 1.29 is 4.39 Å². The molecule has 1 aromatic heterocycles. The molecule has 1 aromatic carbocycles. The standard InChI is InChI=1S/C9H3BrFNS/c10-6-3-1-2-5-8(11)7(4-12)13-9(5)6/h1-3H. The van der Waals surface area contributed by atoms with Crippen molar-refractivity contribution in [3.05, 3.63) is 33.4 Å². The molecule has 0 atom stereocenters. The van der Waals surface area contributed by atoms with Gasteiger partial charge in [0.2, 0.25) is 0 Å². The fourth-order valence-electron chi connectivity index (χ4n) is 1.13. The lowest BCUT2D eigenvalue weighted by Crippen LogP contribution is -1.72. The molecule has 1 nitrogen and oxygen atoms in total. The van der Waals surface area contributed by atoms with Gasteiger partial charge in [-0.15, -0.1) is 11.3 Å². The Kier molecular flexibility index (Phi) is 2.06. The maximum atomic E-state index is 13.4. The Morgan fingerprint density at radius 3 is 2.85 bits per heavy atom. The van der Waals surface area contributed by atoms with E-state index in [0.717, 1.165) is 9.17 Å². The Labute approximate surface area is 86.5 Å². The predicted molar refractivity (Wildman–Crippen MR) is 54.2 cm³/mol. The molecule has 1 heterocycles. The van der Waals surface area contributed by atoms with E-state index in [2.05, 4.69) is 15.9 Å². The molecule has 2 rings (SSSR count). The van der Waals surface area contributed by atoms with E-state index in [1.165, 1.54) is 11.3 Å². The van der Waals surface area contributed by atoms with E-state index in [9.17, 15) is 4.39 Å². The molecule has 2 aromatic rings. The van der Waals surface area contributed by atoms with E-state index in [1.54, 1.807) is 12.1 Å². The maximum absolute atomic E-state index is 13.4. The van der Waals surface area contributed by atoms with Crippen molar-refractivity contribution in [1.29, 1.82) is 5.26 Å². The number of nitrogens with zero attached hydrogens (tertiary/aromatic N) is 1. The number of fused-ring (bicyclic) bond motifs is 1. The third-order valence-corrected chi connectivity index (χ3v) is 3.75. The van der Waals surface area contributed by atoms with Crippen LogP contribution in [0.25, 0.3) is 10.1 Å². The van der Waals surface area contributed by atoms with E-state index in [0.29, 0.717) is 5.39 Å². The molecular formula is C9H3BrFNS. The summed E-state index contributed by atoms with van der Waals surface area (Å²) >= 11 is 4.48. The van der Waals surface area contributed by atoms with Crippen LogP contribution in [-0.2, 0) is 0 Å². The molecule has 0 aliphatic carbocycles. The first-order valence-corrected chi connectivity index (χ1v) is 5.11. The fourth-order valence-corrected chi connectivity index (χ4v) is 2.62. The second-order valence-corrected chi connectivity index (χ2v) is 4.35. The molecule has 0 unspecified atom stereocenters. The molecule has 0 fully saturated rings. The monoisotopic (exact) mass is 255 g/mol. The highest BCUT2D eigenvalue weighted by atomic mass is 79.9. The molecular weight excluding hydrogens is 253 g/mol. The highest BCUT2D eigenvalue weighted by molar-refractivity contribution is 9.10. The summed E-state index contributed by atoms with van der Waals surface area (Å²) in [5.41, 5.74) is 0. The van der Waals surface area contributed by atoms with Gasteiger partial charge < -0.3 is 0 Å². The average Bonchev–Trinajstić information content (AvgIpc) is 2.45. The first kappa shape index (κ1) is 8.67. The lowest BCUT2D eigenvalue weighted by molar-refractivity contribution is 0.641. The summed E-state index contributed by atoms with van der Waals surface area (Å²) in [6.45, 7) is 0. The molecule has 0 aliphatic heterocycles. The van der Waals surface area contributed by atoms with Crippen LogP contribution in [0.15, 0.2) is 22.7 Å². The zero-order valence-electron chi connectivity index (χ0n) is 6.34. The van der Waals surface area contributed by atoms with Crippen LogP contribution in [0.5, 0.6) is 0 Å². The lowest BCUT2D eigenvalue weighted by Gasteiger charge is -1.90. The maximum Gasteiger partial charge on any atom is 0.159 e. The van der Waals surface area contributed by atoms with Gasteiger partial charge in [-0.3, -0.25) is 0 Å². The van der Waals surface area contributed by atoms with Crippen molar-refractivity contribution in [2.24, 2.45) is 0 Å². The molecule has 0 saturated carbocycles. The Balaban J connectivity index is 2.94. The predicted octanol–water partition coefficient (Wildman–Crippen LogP) is 3.67. The molecule has 13 heavy (non-hydrogen) atoms. The first-order valence-electron chi connectivity index (χ1n) is 3.50. The van der Waals surface area contributed by atoms with Crippen LogP contribution >= 0.6 is 27.3 Å². The SMILES string of the molecule is N#Cc1sc2c(Br)cccc2c1F. The number of hydrogen-bond donors (Lipinski definition) is 0. The van der Waals surface area contributed by atoms with Gasteiger partial charge in [0.25, 0.3) is 0 Å². The van der Waals surface area contributed by atoms with Crippen molar-refractivity contribution in [2.45, 2.75) is 0 Å². The Bertz CT molecular complexity index is 512. The Hall–Kier alpha value is -0.920. The molecule has 0 aliphatic rings. The second kappa shape index (κ2) is 3.09. The largest absolute Gasteiger partial charge is 0.204 e. The number of benzene rings is 1. The summed E-state index contributed by atoms with van der Waals surface area (Å²) in [6.07, 6.45) is 0. The van der Waals surface area contributed by atoms with Gasteiger partial charge in [-0.05, 0) is 22.0 Å².